The van der Waals surface area contributed by atoms with Gasteiger partial charge >= 0.3 is 6.09 Å². The average molecular weight is 281 g/mol. The van der Waals surface area contributed by atoms with Crippen molar-refractivity contribution in [3.8, 4) is 0 Å². The minimum atomic E-state index is -0.861. The molecule has 0 saturated carbocycles. The van der Waals surface area contributed by atoms with Crippen molar-refractivity contribution in [1.82, 2.24) is 4.90 Å². The first-order valence-corrected chi connectivity index (χ1v) is 6.78. The molecule has 1 aromatic rings. The molecule has 2 aliphatic heterocycles. The Morgan fingerprint density at radius 2 is 1.60 bits per heavy atom. The molecule has 1 amide bonds. The summed E-state index contributed by atoms with van der Waals surface area (Å²) >= 11 is 0. The van der Waals surface area contributed by atoms with Crippen molar-refractivity contribution < 1.29 is 18.3 Å². The third-order valence-corrected chi connectivity index (χ3v) is 3.83. The number of hydrogen-bond donors (Lipinski definition) is 0. The van der Waals surface area contributed by atoms with Gasteiger partial charge in [-0.15, -0.1) is 0 Å². The number of carbonyl (C=O) groups is 1. The van der Waals surface area contributed by atoms with Crippen LogP contribution in [-0.2, 0) is 4.74 Å². The van der Waals surface area contributed by atoms with Gasteiger partial charge in [-0.2, -0.15) is 0 Å². The lowest BCUT2D eigenvalue weighted by molar-refractivity contribution is 0.0177. The first-order chi connectivity index (χ1) is 9.28. The highest BCUT2D eigenvalue weighted by Gasteiger charge is 2.48. The average Bonchev–Trinajstić information content (AvgIpc) is 2.84. The molecule has 5 heteroatoms. The Kier molecular flexibility index (Phi) is 2.78. The number of fused-ring (bicyclic) bond motifs is 5. The molecule has 20 heavy (non-hydrogen) atoms. The number of benzene rings is 1. The van der Waals surface area contributed by atoms with Crippen molar-refractivity contribution in [2.24, 2.45) is 0 Å². The second-order valence-corrected chi connectivity index (χ2v) is 6.39. The maximum absolute atomic E-state index is 13.4. The molecule has 1 fully saturated rings. The second kappa shape index (κ2) is 4.17. The Morgan fingerprint density at radius 3 is 2.00 bits per heavy atom. The molecule has 3 nitrogen and oxygen atoms in total. The van der Waals surface area contributed by atoms with Crippen molar-refractivity contribution in [2.75, 3.05) is 0 Å². The Hall–Kier alpha value is -1.65. The summed E-state index contributed by atoms with van der Waals surface area (Å²) in [7, 11) is 0. The predicted octanol–water partition coefficient (Wildman–Crippen LogP) is 4.09. The zero-order valence-corrected chi connectivity index (χ0v) is 11.7. The lowest BCUT2D eigenvalue weighted by Gasteiger charge is -2.27. The van der Waals surface area contributed by atoms with Crippen LogP contribution in [-0.4, -0.2) is 16.6 Å². The summed E-state index contributed by atoms with van der Waals surface area (Å²) in [5.74, 6) is -1.72. The standard InChI is InChI=1S/C15H17F2NO2/c1-15(2,3)20-14(19)18-12-4-5-13(18)9-7-11(17)10(16)6-8(9)12/h6-7,12-13H,4-5H2,1-3H3. The molecular formula is C15H17F2NO2. The fourth-order valence-electron chi connectivity index (χ4n) is 3.15. The topological polar surface area (TPSA) is 29.5 Å². The molecule has 1 aromatic carbocycles. The number of nitrogens with zero attached hydrogens (tertiary/aromatic N) is 1. The number of ether oxygens (including phenoxy) is 1. The molecule has 2 atom stereocenters. The maximum atomic E-state index is 13.4. The smallest absolute Gasteiger partial charge is 0.411 e. The third kappa shape index (κ3) is 1.96. The Bertz CT molecular complexity index is 543. The normalized spacial score (nSPS) is 23.9. The fraction of sp³-hybridized carbons (Fsp3) is 0.533. The summed E-state index contributed by atoms with van der Waals surface area (Å²) in [5, 5.41) is 0. The zero-order chi connectivity index (χ0) is 14.7. The van der Waals surface area contributed by atoms with E-state index in [4.69, 9.17) is 4.74 Å². The van der Waals surface area contributed by atoms with Crippen LogP contribution in [0.3, 0.4) is 0 Å². The highest BCUT2D eigenvalue weighted by molar-refractivity contribution is 5.72. The van der Waals surface area contributed by atoms with Crippen LogP contribution in [0.1, 0.15) is 56.8 Å². The van der Waals surface area contributed by atoms with Crippen LogP contribution in [0, 0.1) is 11.6 Å². The molecule has 2 bridgehead atoms. The fourth-order valence-corrected chi connectivity index (χ4v) is 3.15. The molecule has 0 aromatic heterocycles. The van der Waals surface area contributed by atoms with Crippen LogP contribution in [0.2, 0.25) is 0 Å². The minimum absolute atomic E-state index is 0.194. The van der Waals surface area contributed by atoms with Gasteiger partial charge in [-0.3, -0.25) is 4.90 Å². The van der Waals surface area contributed by atoms with Crippen LogP contribution in [0.4, 0.5) is 13.6 Å². The van der Waals surface area contributed by atoms with Crippen LogP contribution in [0.5, 0.6) is 0 Å². The van der Waals surface area contributed by atoms with Crippen LogP contribution in [0.15, 0.2) is 12.1 Å². The van der Waals surface area contributed by atoms with E-state index in [9.17, 15) is 13.6 Å². The van der Waals surface area contributed by atoms with E-state index in [-0.39, 0.29) is 12.1 Å². The van der Waals surface area contributed by atoms with Gasteiger partial charge in [0.1, 0.15) is 5.60 Å². The summed E-state index contributed by atoms with van der Waals surface area (Å²) < 4.78 is 32.2. The van der Waals surface area contributed by atoms with E-state index in [1.807, 2.05) is 0 Å². The molecule has 0 aliphatic carbocycles. The Labute approximate surface area is 116 Å². The van der Waals surface area contributed by atoms with E-state index < -0.39 is 23.3 Å². The van der Waals surface area contributed by atoms with E-state index in [1.54, 1.807) is 25.7 Å². The van der Waals surface area contributed by atoms with Crippen molar-refractivity contribution in [3.63, 3.8) is 0 Å². The van der Waals surface area contributed by atoms with Gasteiger partial charge in [0.15, 0.2) is 11.6 Å². The SMILES string of the molecule is CC(C)(C)OC(=O)N1C2CCC1c1cc(F)c(F)cc12. The molecule has 3 rings (SSSR count). The highest BCUT2D eigenvalue weighted by atomic mass is 19.2. The number of halogens is 2. The first kappa shape index (κ1) is 13.3. The summed E-state index contributed by atoms with van der Waals surface area (Å²) in [5.41, 5.74) is 0.846. The van der Waals surface area contributed by atoms with E-state index in [1.165, 1.54) is 12.1 Å². The van der Waals surface area contributed by atoms with Gasteiger partial charge in [-0.1, -0.05) is 0 Å². The predicted molar refractivity (Wildman–Crippen MR) is 69.1 cm³/mol. The van der Waals surface area contributed by atoms with E-state index >= 15 is 0 Å². The lowest BCUT2D eigenvalue weighted by Crippen LogP contribution is -2.34. The highest BCUT2D eigenvalue weighted by Crippen LogP contribution is 2.53. The van der Waals surface area contributed by atoms with E-state index in [0.29, 0.717) is 11.1 Å². The summed E-state index contributed by atoms with van der Waals surface area (Å²) in [6, 6.07) is 2.04. The molecular weight excluding hydrogens is 264 g/mol. The molecule has 1 saturated heterocycles. The zero-order valence-electron chi connectivity index (χ0n) is 11.7. The molecule has 2 aliphatic rings. The van der Waals surface area contributed by atoms with Gasteiger partial charge in [0.25, 0.3) is 0 Å². The van der Waals surface area contributed by atoms with Gasteiger partial charge < -0.3 is 4.74 Å². The lowest BCUT2D eigenvalue weighted by atomic mass is 9.92. The number of carbonyl (C=O) groups excluding carboxylic acids is 1. The third-order valence-electron chi connectivity index (χ3n) is 3.83. The van der Waals surface area contributed by atoms with Crippen molar-refractivity contribution in [1.29, 1.82) is 0 Å². The quantitative estimate of drug-likeness (QED) is 0.716. The number of amides is 1. The van der Waals surface area contributed by atoms with Crippen molar-refractivity contribution >= 4 is 6.09 Å². The maximum Gasteiger partial charge on any atom is 0.411 e. The van der Waals surface area contributed by atoms with Gasteiger partial charge in [0, 0.05) is 0 Å². The first-order valence-electron chi connectivity index (χ1n) is 6.78. The van der Waals surface area contributed by atoms with E-state index in [0.717, 1.165) is 12.8 Å². The Morgan fingerprint density at radius 1 is 1.15 bits per heavy atom. The summed E-state index contributed by atoms with van der Waals surface area (Å²) in [6.45, 7) is 5.40. The van der Waals surface area contributed by atoms with Gasteiger partial charge in [0.2, 0.25) is 0 Å². The van der Waals surface area contributed by atoms with Gasteiger partial charge in [-0.05, 0) is 56.9 Å². The van der Waals surface area contributed by atoms with Crippen LogP contribution < -0.4 is 0 Å². The van der Waals surface area contributed by atoms with Gasteiger partial charge in [-0.25, -0.2) is 13.6 Å². The summed E-state index contributed by atoms with van der Waals surface area (Å²) in [6.07, 6.45) is 1.12. The second-order valence-electron chi connectivity index (χ2n) is 6.39. The number of rotatable bonds is 0. The molecule has 0 spiro atoms. The van der Waals surface area contributed by atoms with Crippen LogP contribution >= 0.6 is 0 Å². The van der Waals surface area contributed by atoms with Crippen LogP contribution in [0.25, 0.3) is 0 Å². The van der Waals surface area contributed by atoms with Crippen molar-refractivity contribution in [2.45, 2.75) is 51.3 Å². The molecule has 2 heterocycles. The number of hydrogen-bond acceptors (Lipinski definition) is 2. The molecule has 0 N–H and O–H groups in total. The van der Waals surface area contributed by atoms with E-state index in [2.05, 4.69) is 0 Å². The van der Waals surface area contributed by atoms with Crippen molar-refractivity contribution in [3.05, 3.63) is 34.9 Å². The molecule has 2 unspecified atom stereocenters. The Balaban J connectivity index is 1.94. The summed E-state index contributed by atoms with van der Waals surface area (Å²) in [4.78, 5) is 13.9. The van der Waals surface area contributed by atoms with Gasteiger partial charge in [0.05, 0.1) is 12.1 Å². The molecule has 108 valence electrons. The largest absolute Gasteiger partial charge is 0.444 e. The monoisotopic (exact) mass is 281 g/mol. The molecule has 0 radical (unpaired) electrons. The minimum Gasteiger partial charge on any atom is -0.444 e.